The van der Waals surface area contributed by atoms with Gasteiger partial charge < -0.3 is 19.7 Å². The Bertz CT molecular complexity index is 1020. The number of rotatable bonds is 8. The van der Waals surface area contributed by atoms with E-state index < -0.39 is 0 Å². The molecule has 0 fully saturated rings. The van der Waals surface area contributed by atoms with Crippen molar-refractivity contribution >= 4 is 11.6 Å². The molecule has 0 bridgehead atoms. The molecule has 0 saturated heterocycles. The predicted octanol–water partition coefficient (Wildman–Crippen LogP) is 4.32. The predicted molar refractivity (Wildman–Crippen MR) is 120 cm³/mol. The number of anilines is 2. The monoisotopic (exact) mass is 404 g/mol. The lowest BCUT2D eigenvalue weighted by atomic mass is 9.90. The Balaban J connectivity index is 1.51. The zero-order chi connectivity index (χ0) is 20.9. The molecule has 1 aliphatic rings. The summed E-state index contributed by atoms with van der Waals surface area (Å²) in [7, 11) is 5.82. The highest BCUT2D eigenvalue weighted by Crippen LogP contribution is 2.35. The Kier molecular flexibility index (Phi) is 6.14. The van der Waals surface area contributed by atoms with Crippen LogP contribution >= 0.6 is 0 Å². The highest BCUT2D eigenvalue weighted by Gasteiger charge is 2.19. The van der Waals surface area contributed by atoms with E-state index in [-0.39, 0.29) is 0 Å². The first-order valence-corrected chi connectivity index (χ1v) is 10.3. The Labute approximate surface area is 177 Å². The van der Waals surface area contributed by atoms with E-state index in [4.69, 9.17) is 14.5 Å². The maximum atomic E-state index is 5.88. The molecule has 1 aromatic heterocycles. The number of nitrogens with one attached hydrogen (secondary N) is 1. The van der Waals surface area contributed by atoms with Gasteiger partial charge in [0.1, 0.15) is 11.5 Å². The first kappa shape index (κ1) is 20.2. The number of benzene rings is 2. The fourth-order valence-electron chi connectivity index (χ4n) is 3.64. The number of nitrogens with zero attached hydrogens (tertiary/aromatic N) is 3. The standard InChI is InChI=1S/C24H28N4O2/c1-28(2)12-5-13-30-21-7-4-6-19(14-21)26-24-25-16-18-9-8-17-10-11-20(29-3)15-22(17)23(18)27-24/h4,6-7,10-11,14-16H,5,8-9,12-13H2,1-3H3,(H,25,26,27). The van der Waals surface area contributed by atoms with E-state index in [9.17, 15) is 0 Å². The fourth-order valence-corrected chi connectivity index (χ4v) is 3.64. The van der Waals surface area contributed by atoms with Crippen LogP contribution in [0.15, 0.2) is 48.7 Å². The van der Waals surface area contributed by atoms with Gasteiger partial charge in [0.25, 0.3) is 0 Å². The van der Waals surface area contributed by atoms with Crippen LogP contribution in [0, 0.1) is 0 Å². The quantitative estimate of drug-likeness (QED) is 0.564. The molecular weight excluding hydrogens is 376 g/mol. The van der Waals surface area contributed by atoms with Crippen LogP contribution in [0.25, 0.3) is 11.3 Å². The van der Waals surface area contributed by atoms with Crippen LogP contribution in [0.3, 0.4) is 0 Å². The number of aryl methyl sites for hydroxylation is 2. The molecule has 3 aromatic rings. The Morgan fingerprint density at radius 3 is 2.73 bits per heavy atom. The Morgan fingerprint density at radius 1 is 1.03 bits per heavy atom. The molecule has 1 aliphatic carbocycles. The fraction of sp³-hybridized carbons (Fsp3) is 0.333. The number of methoxy groups -OCH3 is 1. The van der Waals surface area contributed by atoms with Crippen LogP contribution in [0.4, 0.5) is 11.6 Å². The average molecular weight is 405 g/mol. The second-order valence-electron chi connectivity index (χ2n) is 7.75. The first-order valence-electron chi connectivity index (χ1n) is 10.3. The summed E-state index contributed by atoms with van der Waals surface area (Å²) in [5.74, 6) is 2.26. The largest absolute Gasteiger partial charge is 0.497 e. The summed E-state index contributed by atoms with van der Waals surface area (Å²) in [6, 6.07) is 14.1. The smallest absolute Gasteiger partial charge is 0.227 e. The minimum atomic E-state index is 0.578. The first-order chi connectivity index (χ1) is 14.6. The molecule has 0 atom stereocenters. The molecule has 156 valence electrons. The minimum absolute atomic E-state index is 0.578. The number of ether oxygens (including phenoxy) is 2. The highest BCUT2D eigenvalue weighted by atomic mass is 16.5. The van der Waals surface area contributed by atoms with E-state index >= 15 is 0 Å². The summed E-state index contributed by atoms with van der Waals surface area (Å²) in [6.45, 7) is 1.70. The third-order valence-corrected chi connectivity index (χ3v) is 5.21. The molecule has 0 spiro atoms. The van der Waals surface area contributed by atoms with Crippen LogP contribution in [0.2, 0.25) is 0 Å². The molecule has 1 heterocycles. The van der Waals surface area contributed by atoms with Crippen molar-refractivity contribution in [2.75, 3.05) is 39.7 Å². The Morgan fingerprint density at radius 2 is 1.90 bits per heavy atom. The van der Waals surface area contributed by atoms with E-state index in [2.05, 4.69) is 41.4 Å². The lowest BCUT2D eigenvalue weighted by molar-refractivity contribution is 0.281. The molecule has 1 N–H and O–H groups in total. The average Bonchev–Trinajstić information content (AvgIpc) is 2.76. The van der Waals surface area contributed by atoms with Crippen LogP contribution in [0.1, 0.15) is 17.5 Å². The van der Waals surface area contributed by atoms with Gasteiger partial charge in [-0.2, -0.15) is 0 Å². The number of aromatic nitrogens is 2. The van der Waals surface area contributed by atoms with Crippen molar-refractivity contribution in [2.24, 2.45) is 0 Å². The van der Waals surface area contributed by atoms with Gasteiger partial charge in [-0.1, -0.05) is 12.1 Å². The zero-order valence-electron chi connectivity index (χ0n) is 17.8. The molecule has 2 aromatic carbocycles. The van der Waals surface area contributed by atoms with Gasteiger partial charge in [0, 0.05) is 30.1 Å². The van der Waals surface area contributed by atoms with Gasteiger partial charge in [-0.05, 0) is 68.8 Å². The van der Waals surface area contributed by atoms with E-state index in [0.29, 0.717) is 12.6 Å². The van der Waals surface area contributed by atoms with Gasteiger partial charge in [0.05, 0.1) is 19.4 Å². The SMILES string of the molecule is COc1ccc2c(c1)-c1nc(Nc3cccc(OCCCN(C)C)c3)ncc1CC2. The van der Waals surface area contributed by atoms with Gasteiger partial charge in [-0.3, -0.25) is 0 Å². The van der Waals surface area contributed by atoms with Crippen LogP contribution in [-0.2, 0) is 12.8 Å². The summed E-state index contributed by atoms with van der Waals surface area (Å²) in [4.78, 5) is 11.5. The summed E-state index contributed by atoms with van der Waals surface area (Å²) in [6.07, 6.45) is 4.86. The van der Waals surface area contributed by atoms with E-state index in [0.717, 1.165) is 54.3 Å². The molecule has 6 heteroatoms. The van der Waals surface area contributed by atoms with Crippen molar-refractivity contribution in [1.82, 2.24) is 14.9 Å². The van der Waals surface area contributed by atoms with Gasteiger partial charge in [0.15, 0.2) is 0 Å². The minimum Gasteiger partial charge on any atom is -0.497 e. The molecular formula is C24H28N4O2. The molecule has 6 nitrogen and oxygen atoms in total. The second kappa shape index (κ2) is 9.13. The van der Waals surface area contributed by atoms with Gasteiger partial charge in [0.2, 0.25) is 5.95 Å². The van der Waals surface area contributed by atoms with E-state index in [1.165, 1.54) is 11.1 Å². The van der Waals surface area contributed by atoms with Crippen molar-refractivity contribution < 1.29 is 9.47 Å². The molecule has 4 rings (SSSR count). The summed E-state index contributed by atoms with van der Waals surface area (Å²) in [5, 5.41) is 3.32. The van der Waals surface area contributed by atoms with Crippen molar-refractivity contribution in [3.8, 4) is 22.8 Å². The molecule has 0 aliphatic heterocycles. The van der Waals surface area contributed by atoms with E-state index in [1.807, 2.05) is 36.5 Å². The molecule has 0 saturated carbocycles. The molecule has 0 unspecified atom stereocenters. The summed E-state index contributed by atoms with van der Waals surface area (Å²) >= 11 is 0. The number of hydrogen-bond acceptors (Lipinski definition) is 6. The highest BCUT2D eigenvalue weighted by molar-refractivity contribution is 5.72. The van der Waals surface area contributed by atoms with Crippen molar-refractivity contribution in [2.45, 2.75) is 19.3 Å². The van der Waals surface area contributed by atoms with E-state index in [1.54, 1.807) is 7.11 Å². The van der Waals surface area contributed by atoms with Crippen LogP contribution < -0.4 is 14.8 Å². The topological polar surface area (TPSA) is 59.5 Å². The van der Waals surface area contributed by atoms with Crippen molar-refractivity contribution in [1.29, 1.82) is 0 Å². The number of fused-ring (bicyclic) bond motifs is 3. The summed E-state index contributed by atoms with van der Waals surface area (Å²) < 4.78 is 11.3. The van der Waals surface area contributed by atoms with Gasteiger partial charge in [-0.25, -0.2) is 9.97 Å². The molecule has 30 heavy (non-hydrogen) atoms. The van der Waals surface area contributed by atoms with Gasteiger partial charge >= 0.3 is 0 Å². The summed E-state index contributed by atoms with van der Waals surface area (Å²) in [5.41, 5.74) is 5.46. The van der Waals surface area contributed by atoms with Gasteiger partial charge in [-0.15, -0.1) is 0 Å². The van der Waals surface area contributed by atoms with Crippen LogP contribution in [0.5, 0.6) is 11.5 Å². The number of hydrogen-bond donors (Lipinski definition) is 1. The maximum absolute atomic E-state index is 5.88. The molecule has 0 radical (unpaired) electrons. The third kappa shape index (κ3) is 4.71. The molecule has 0 amide bonds. The van der Waals surface area contributed by atoms with Crippen molar-refractivity contribution in [3.05, 3.63) is 59.8 Å². The van der Waals surface area contributed by atoms with Crippen molar-refractivity contribution in [3.63, 3.8) is 0 Å². The normalized spacial score (nSPS) is 12.3. The zero-order valence-corrected chi connectivity index (χ0v) is 17.8. The lowest BCUT2D eigenvalue weighted by Gasteiger charge is -2.20. The lowest BCUT2D eigenvalue weighted by Crippen LogP contribution is -2.15. The van der Waals surface area contributed by atoms with Crippen LogP contribution in [-0.4, -0.2) is 49.2 Å². The maximum Gasteiger partial charge on any atom is 0.227 e. The Hall–Kier alpha value is -3.12. The second-order valence-corrected chi connectivity index (χ2v) is 7.75. The third-order valence-electron chi connectivity index (χ3n) is 5.21.